The summed E-state index contributed by atoms with van der Waals surface area (Å²) in [5.74, 6) is 0.207. The Morgan fingerprint density at radius 3 is 2.73 bits per heavy atom. The Kier molecular flexibility index (Phi) is 3.34. The van der Waals surface area contributed by atoms with Crippen LogP contribution < -0.4 is 5.32 Å². The third-order valence-electron chi connectivity index (χ3n) is 3.03. The molecule has 1 fully saturated rings. The Labute approximate surface area is 89.4 Å². The molecule has 82 valence electrons. The molecule has 1 saturated heterocycles. The van der Waals surface area contributed by atoms with Crippen molar-refractivity contribution in [2.24, 2.45) is 0 Å². The smallest absolute Gasteiger partial charge is 0.123 e. The van der Waals surface area contributed by atoms with Crippen LogP contribution in [0.15, 0.2) is 24.3 Å². The molecular formula is C12H16FNO. The molecule has 1 heterocycles. The van der Waals surface area contributed by atoms with E-state index in [0.717, 1.165) is 19.5 Å². The zero-order valence-electron chi connectivity index (χ0n) is 8.87. The van der Waals surface area contributed by atoms with Crippen molar-refractivity contribution in [3.63, 3.8) is 0 Å². The highest BCUT2D eigenvalue weighted by Crippen LogP contribution is 2.27. The van der Waals surface area contributed by atoms with Gasteiger partial charge in [-0.05, 0) is 30.7 Å². The highest BCUT2D eigenvalue weighted by molar-refractivity contribution is 5.22. The van der Waals surface area contributed by atoms with Crippen molar-refractivity contribution in [3.05, 3.63) is 35.6 Å². The maximum absolute atomic E-state index is 12.8. The van der Waals surface area contributed by atoms with E-state index in [2.05, 4.69) is 5.32 Å². The summed E-state index contributed by atoms with van der Waals surface area (Å²) in [4.78, 5) is 0. The third-order valence-corrected chi connectivity index (χ3v) is 3.03. The Balaban J connectivity index is 2.16. The Bertz CT molecular complexity index is 312. The number of piperidine rings is 1. The van der Waals surface area contributed by atoms with E-state index >= 15 is 0 Å². The quantitative estimate of drug-likeness (QED) is 0.803. The van der Waals surface area contributed by atoms with Crippen LogP contribution in [-0.2, 0) is 4.74 Å². The van der Waals surface area contributed by atoms with E-state index in [1.807, 2.05) is 12.1 Å². The summed E-state index contributed by atoms with van der Waals surface area (Å²) in [6.07, 6.45) is 1.24. The lowest BCUT2D eigenvalue weighted by Gasteiger charge is -2.31. The first-order valence-corrected chi connectivity index (χ1v) is 5.30. The van der Waals surface area contributed by atoms with Gasteiger partial charge in [-0.15, -0.1) is 0 Å². The molecule has 1 aromatic carbocycles. The van der Waals surface area contributed by atoms with E-state index in [-0.39, 0.29) is 11.9 Å². The molecule has 0 radical (unpaired) electrons. The molecule has 0 amide bonds. The molecule has 1 aliphatic rings. The van der Waals surface area contributed by atoms with E-state index in [4.69, 9.17) is 4.74 Å². The zero-order valence-corrected chi connectivity index (χ0v) is 8.87. The van der Waals surface area contributed by atoms with E-state index in [1.54, 1.807) is 7.11 Å². The first-order chi connectivity index (χ1) is 7.31. The molecule has 15 heavy (non-hydrogen) atoms. The predicted octanol–water partition coefficient (Wildman–Crippen LogP) is 1.92. The van der Waals surface area contributed by atoms with Gasteiger partial charge >= 0.3 is 0 Å². The first-order valence-electron chi connectivity index (χ1n) is 5.30. The summed E-state index contributed by atoms with van der Waals surface area (Å²) < 4.78 is 18.2. The van der Waals surface area contributed by atoms with Crippen molar-refractivity contribution < 1.29 is 9.13 Å². The van der Waals surface area contributed by atoms with Gasteiger partial charge in [-0.1, -0.05) is 12.1 Å². The minimum atomic E-state index is -0.179. The standard InChI is InChI=1S/C12H16FNO/c1-15-12-8-14-7-6-11(12)9-2-4-10(13)5-3-9/h2-5,11-12,14H,6-8H2,1H3/t11-,12-/m1/s1. The topological polar surface area (TPSA) is 21.3 Å². The Morgan fingerprint density at radius 2 is 2.07 bits per heavy atom. The van der Waals surface area contributed by atoms with Crippen LogP contribution in [0.4, 0.5) is 4.39 Å². The van der Waals surface area contributed by atoms with Crippen LogP contribution in [-0.4, -0.2) is 26.3 Å². The lowest BCUT2D eigenvalue weighted by atomic mass is 9.88. The molecule has 0 aromatic heterocycles. The van der Waals surface area contributed by atoms with Crippen molar-refractivity contribution in [1.29, 1.82) is 0 Å². The van der Waals surface area contributed by atoms with Crippen molar-refractivity contribution in [1.82, 2.24) is 5.32 Å². The van der Waals surface area contributed by atoms with Crippen LogP contribution in [0.5, 0.6) is 0 Å². The van der Waals surface area contributed by atoms with Gasteiger partial charge in [0.15, 0.2) is 0 Å². The van der Waals surface area contributed by atoms with Gasteiger partial charge < -0.3 is 10.1 Å². The number of benzene rings is 1. The molecule has 1 aromatic rings. The molecule has 2 nitrogen and oxygen atoms in total. The molecule has 3 heteroatoms. The highest BCUT2D eigenvalue weighted by atomic mass is 19.1. The van der Waals surface area contributed by atoms with Crippen molar-refractivity contribution in [2.75, 3.05) is 20.2 Å². The number of nitrogens with one attached hydrogen (secondary N) is 1. The van der Waals surface area contributed by atoms with E-state index in [1.165, 1.54) is 17.7 Å². The van der Waals surface area contributed by atoms with Crippen molar-refractivity contribution in [3.8, 4) is 0 Å². The summed E-state index contributed by atoms with van der Waals surface area (Å²) in [6, 6.07) is 6.75. The van der Waals surface area contributed by atoms with Crippen LogP contribution in [0.2, 0.25) is 0 Å². The van der Waals surface area contributed by atoms with Crippen molar-refractivity contribution in [2.45, 2.75) is 18.4 Å². The number of ether oxygens (including phenoxy) is 1. The van der Waals surface area contributed by atoms with E-state index < -0.39 is 0 Å². The number of methoxy groups -OCH3 is 1. The monoisotopic (exact) mass is 209 g/mol. The number of hydrogen-bond acceptors (Lipinski definition) is 2. The second-order valence-corrected chi connectivity index (χ2v) is 3.92. The molecule has 1 N–H and O–H groups in total. The van der Waals surface area contributed by atoms with Crippen LogP contribution >= 0.6 is 0 Å². The average molecular weight is 209 g/mol. The van der Waals surface area contributed by atoms with Crippen LogP contribution in [0, 0.1) is 5.82 Å². The number of hydrogen-bond donors (Lipinski definition) is 1. The molecule has 0 saturated carbocycles. The molecule has 0 unspecified atom stereocenters. The molecule has 0 aliphatic carbocycles. The molecule has 2 rings (SSSR count). The van der Waals surface area contributed by atoms with Gasteiger partial charge in [0.2, 0.25) is 0 Å². The van der Waals surface area contributed by atoms with Gasteiger partial charge in [-0.2, -0.15) is 0 Å². The minimum absolute atomic E-state index is 0.179. The van der Waals surface area contributed by atoms with E-state index in [0.29, 0.717) is 5.92 Å². The highest BCUT2D eigenvalue weighted by Gasteiger charge is 2.25. The first kappa shape index (κ1) is 10.6. The molecule has 2 atom stereocenters. The lowest BCUT2D eigenvalue weighted by molar-refractivity contribution is 0.0625. The van der Waals surface area contributed by atoms with Gasteiger partial charge in [0.25, 0.3) is 0 Å². The van der Waals surface area contributed by atoms with Gasteiger partial charge in [0.1, 0.15) is 5.82 Å². The molecular weight excluding hydrogens is 193 g/mol. The summed E-state index contributed by atoms with van der Waals surface area (Å²) in [5, 5.41) is 3.30. The summed E-state index contributed by atoms with van der Waals surface area (Å²) in [7, 11) is 1.73. The van der Waals surface area contributed by atoms with Gasteiger partial charge in [0.05, 0.1) is 6.10 Å². The normalized spacial score (nSPS) is 26.5. The lowest BCUT2D eigenvalue weighted by Crippen LogP contribution is -2.40. The third kappa shape index (κ3) is 2.36. The number of rotatable bonds is 2. The molecule has 1 aliphatic heterocycles. The maximum atomic E-state index is 12.8. The fourth-order valence-electron chi connectivity index (χ4n) is 2.17. The average Bonchev–Trinajstić information content (AvgIpc) is 2.30. The van der Waals surface area contributed by atoms with Crippen molar-refractivity contribution >= 4 is 0 Å². The molecule has 0 bridgehead atoms. The largest absolute Gasteiger partial charge is 0.379 e. The van der Waals surface area contributed by atoms with Crippen LogP contribution in [0.3, 0.4) is 0 Å². The Hall–Kier alpha value is -0.930. The fourth-order valence-corrected chi connectivity index (χ4v) is 2.17. The fraction of sp³-hybridized carbons (Fsp3) is 0.500. The predicted molar refractivity (Wildman–Crippen MR) is 57.4 cm³/mol. The van der Waals surface area contributed by atoms with Crippen LogP contribution in [0.25, 0.3) is 0 Å². The number of halogens is 1. The summed E-state index contributed by atoms with van der Waals surface area (Å²) in [5.41, 5.74) is 1.17. The summed E-state index contributed by atoms with van der Waals surface area (Å²) in [6.45, 7) is 1.88. The summed E-state index contributed by atoms with van der Waals surface area (Å²) >= 11 is 0. The van der Waals surface area contributed by atoms with E-state index in [9.17, 15) is 4.39 Å². The Morgan fingerprint density at radius 1 is 1.33 bits per heavy atom. The van der Waals surface area contributed by atoms with Gasteiger partial charge in [-0.3, -0.25) is 0 Å². The van der Waals surface area contributed by atoms with Gasteiger partial charge in [0, 0.05) is 19.6 Å². The second kappa shape index (κ2) is 4.73. The SMILES string of the molecule is CO[C@@H]1CNCC[C@@H]1c1ccc(F)cc1. The maximum Gasteiger partial charge on any atom is 0.123 e. The zero-order chi connectivity index (χ0) is 10.7. The van der Waals surface area contributed by atoms with Gasteiger partial charge in [-0.25, -0.2) is 4.39 Å². The minimum Gasteiger partial charge on any atom is -0.379 e. The van der Waals surface area contributed by atoms with Crippen LogP contribution in [0.1, 0.15) is 17.9 Å². The molecule has 0 spiro atoms. The second-order valence-electron chi connectivity index (χ2n) is 3.92.